The zero-order chi connectivity index (χ0) is 15.4. The van der Waals surface area contributed by atoms with Crippen molar-refractivity contribution in [2.24, 2.45) is 5.73 Å². The third-order valence-electron chi connectivity index (χ3n) is 3.11. The van der Waals surface area contributed by atoms with Crippen LogP contribution >= 0.6 is 22.9 Å². The van der Waals surface area contributed by atoms with Crippen LogP contribution in [-0.2, 0) is 17.8 Å². The van der Waals surface area contributed by atoms with Gasteiger partial charge in [-0.25, -0.2) is 0 Å². The van der Waals surface area contributed by atoms with Crippen molar-refractivity contribution in [2.75, 3.05) is 7.05 Å². The number of carbonyl (C=O) groups excluding carboxylic acids is 1. The molecule has 3 N–H and O–H groups in total. The van der Waals surface area contributed by atoms with Crippen molar-refractivity contribution in [3.8, 4) is 5.75 Å². The van der Waals surface area contributed by atoms with E-state index < -0.39 is 6.04 Å². The molecule has 1 atom stereocenters. The molecule has 1 amide bonds. The summed E-state index contributed by atoms with van der Waals surface area (Å²) < 4.78 is 0.708. The minimum Gasteiger partial charge on any atom is -0.508 e. The Hall–Kier alpha value is -1.56. The van der Waals surface area contributed by atoms with E-state index in [1.54, 1.807) is 36.2 Å². The van der Waals surface area contributed by atoms with Gasteiger partial charge in [0.15, 0.2) is 0 Å². The van der Waals surface area contributed by atoms with E-state index in [1.165, 1.54) is 11.3 Å². The van der Waals surface area contributed by atoms with E-state index in [-0.39, 0.29) is 11.7 Å². The van der Waals surface area contributed by atoms with Crippen molar-refractivity contribution in [1.82, 2.24) is 4.90 Å². The number of aromatic hydroxyl groups is 1. The Kier molecular flexibility index (Phi) is 5.22. The molecule has 4 nitrogen and oxygen atoms in total. The number of phenolic OH excluding ortho intramolecular Hbond substituents is 1. The van der Waals surface area contributed by atoms with E-state index in [9.17, 15) is 9.90 Å². The number of phenols is 1. The van der Waals surface area contributed by atoms with Gasteiger partial charge >= 0.3 is 0 Å². The predicted octanol–water partition coefficient (Wildman–Crippen LogP) is 2.64. The van der Waals surface area contributed by atoms with Gasteiger partial charge in [-0.15, -0.1) is 11.3 Å². The molecule has 0 fully saturated rings. The van der Waals surface area contributed by atoms with Gasteiger partial charge in [-0.2, -0.15) is 0 Å². The number of nitrogens with zero attached hydrogens (tertiary/aromatic N) is 1. The van der Waals surface area contributed by atoms with Crippen LogP contribution in [0.1, 0.15) is 10.4 Å². The Labute approximate surface area is 132 Å². The van der Waals surface area contributed by atoms with Crippen molar-refractivity contribution in [3.05, 3.63) is 51.2 Å². The van der Waals surface area contributed by atoms with E-state index in [4.69, 9.17) is 17.3 Å². The first kappa shape index (κ1) is 15.8. The molecular formula is C15H17ClN2O2S. The Morgan fingerprint density at radius 2 is 2.00 bits per heavy atom. The number of thiophene rings is 1. The molecule has 1 aromatic carbocycles. The Morgan fingerprint density at radius 3 is 2.57 bits per heavy atom. The lowest BCUT2D eigenvalue weighted by Gasteiger charge is -2.20. The number of benzene rings is 1. The summed E-state index contributed by atoms with van der Waals surface area (Å²) in [7, 11) is 1.73. The molecule has 0 spiro atoms. The second kappa shape index (κ2) is 6.93. The largest absolute Gasteiger partial charge is 0.508 e. The van der Waals surface area contributed by atoms with Crippen molar-refractivity contribution in [3.63, 3.8) is 0 Å². The summed E-state index contributed by atoms with van der Waals surface area (Å²) >= 11 is 7.33. The molecular weight excluding hydrogens is 308 g/mol. The summed E-state index contributed by atoms with van der Waals surface area (Å²) in [6.07, 6.45) is 0.439. The SMILES string of the molecule is CN(Cc1ccc(Cl)s1)C(=O)[C@H](N)Cc1ccc(O)cc1. The highest BCUT2D eigenvalue weighted by atomic mass is 35.5. The molecule has 21 heavy (non-hydrogen) atoms. The van der Waals surface area contributed by atoms with Crippen LogP contribution in [0.5, 0.6) is 5.75 Å². The average molecular weight is 325 g/mol. The van der Waals surface area contributed by atoms with E-state index in [0.717, 1.165) is 10.4 Å². The highest BCUT2D eigenvalue weighted by molar-refractivity contribution is 7.16. The third kappa shape index (κ3) is 4.46. The molecule has 0 aliphatic rings. The first-order valence-corrected chi connectivity index (χ1v) is 7.68. The van der Waals surface area contributed by atoms with E-state index in [0.29, 0.717) is 17.3 Å². The van der Waals surface area contributed by atoms with Crippen molar-refractivity contribution >= 4 is 28.8 Å². The number of likely N-dealkylation sites (N-methyl/N-ethyl adjacent to an activating group) is 1. The van der Waals surface area contributed by atoms with Gasteiger partial charge < -0.3 is 15.7 Å². The first-order chi connectivity index (χ1) is 9.95. The van der Waals surface area contributed by atoms with Crippen LogP contribution in [0.25, 0.3) is 0 Å². The second-order valence-corrected chi connectivity index (χ2v) is 6.68. The number of hydrogen-bond donors (Lipinski definition) is 2. The van der Waals surface area contributed by atoms with Gasteiger partial charge in [0.1, 0.15) is 5.75 Å². The summed E-state index contributed by atoms with van der Waals surface area (Å²) in [4.78, 5) is 14.9. The molecule has 2 aromatic rings. The minimum absolute atomic E-state index is 0.118. The van der Waals surface area contributed by atoms with Crippen LogP contribution in [0.3, 0.4) is 0 Å². The van der Waals surface area contributed by atoms with Gasteiger partial charge in [0.05, 0.1) is 16.9 Å². The van der Waals surface area contributed by atoms with Crippen molar-refractivity contribution in [2.45, 2.75) is 19.0 Å². The molecule has 0 saturated heterocycles. The standard InChI is InChI=1S/C15H17ClN2O2S/c1-18(9-12-6-7-14(16)21-12)15(20)13(17)8-10-2-4-11(19)5-3-10/h2-7,13,19H,8-9,17H2,1H3/t13-/m1/s1. The Bertz CT molecular complexity index is 612. The molecule has 0 saturated carbocycles. The number of amides is 1. The van der Waals surface area contributed by atoms with Crippen molar-refractivity contribution in [1.29, 1.82) is 0 Å². The lowest BCUT2D eigenvalue weighted by molar-refractivity contribution is -0.131. The van der Waals surface area contributed by atoms with Crippen LogP contribution in [0.2, 0.25) is 4.34 Å². The molecule has 0 bridgehead atoms. The molecule has 0 aliphatic carbocycles. The highest BCUT2D eigenvalue weighted by Crippen LogP contribution is 2.22. The van der Waals surface area contributed by atoms with Crippen LogP contribution in [-0.4, -0.2) is 29.0 Å². The number of carbonyl (C=O) groups is 1. The molecule has 2 rings (SSSR count). The topological polar surface area (TPSA) is 66.6 Å². The van der Waals surface area contributed by atoms with E-state index in [2.05, 4.69) is 0 Å². The fraction of sp³-hybridized carbons (Fsp3) is 0.267. The molecule has 1 heterocycles. The zero-order valence-electron chi connectivity index (χ0n) is 11.6. The highest BCUT2D eigenvalue weighted by Gasteiger charge is 2.19. The third-order valence-corrected chi connectivity index (χ3v) is 4.32. The summed E-state index contributed by atoms with van der Waals surface area (Å²) in [6.45, 7) is 0.500. The van der Waals surface area contributed by atoms with E-state index in [1.807, 2.05) is 12.1 Å². The molecule has 0 unspecified atom stereocenters. The number of rotatable bonds is 5. The van der Waals surface area contributed by atoms with Crippen LogP contribution < -0.4 is 5.73 Å². The molecule has 0 radical (unpaired) electrons. The predicted molar refractivity (Wildman–Crippen MR) is 85.6 cm³/mol. The zero-order valence-corrected chi connectivity index (χ0v) is 13.2. The van der Waals surface area contributed by atoms with Gasteiger partial charge in [-0.1, -0.05) is 23.7 Å². The van der Waals surface area contributed by atoms with Crippen molar-refractivity contribution < 1.29 is 9.90 Å². The molecule has 6 heteroatoms. The monoisotopic (exact) mass is 324 g/mol. The molecule has 1 aromatic heterocycles. The Balaban J connectivity index is 1.93. The Morgan fingerprint density at radius 1 is 1.33 bits per heavy atom. The molecule has 0 aliphatic heterocycles. The fourth-order valence-corrected chi connectivity index (χ4v) is 3.15. The van der Waals surface area contributed by atoms with E-state index >= 15 is 0 Å². The maximum atomic E-state index is 12.2. The van der Waals surface area contributed by atoms with Crippen LogP contribution in [0.15, 0.2) is 36.4 Å². The van der Waals surface area contributed by atoms with Gasteiger partial charge in [-0.05, 0) is 36.2 Å². The van der Waals surface area contributed by atoms with Gasteiger partial charge in [0, 0.05) is 11.9 Å². The summed E-state index contributed by atoms with van der Waals surface area (Å²) in [5.74, 6) is 0.0814. The first-order valence-electron chi connectivity index (χ1n) is 6.48. The lowest BCUT2D eigenvalue weighted by Crippen LogP contribution is -2.42. The smallest absolute Gasteiger partial charge is 0.239 e. The average Bonchev–Trinajstić information content (AvgIpc) is 2.85. The number of hydrogen-bond acceptors (Lipinski definition) is 4. The minimum atomic E-state index is -0.602. The lowest BCUT2D eigenvalue weighted by atomic mass is 10.1. The maximum Gasteiger partial charge on any atom is 0.239 e. The summed E-state index contributed by atoms with van der Waals surface area (Å²) in [5, 5.41) is 9.24. The van der Waals surface area contributed by atoms with Gasteiger partial charge in [-0.3, -0.25) is 4.79 Å². The number of halogens is 1. The van der Waals surface area contributed by atoms with Gasteiger partial charge in [0.25, 0.3) is 0 Å². The molecule has 112 valence electrons. The summed E-state index contributed by atoms with van der Waals surface area (Å²) in [6, 6.07) is 9.82. The quantitative estimate of drug-likeness (QED) is 0.888. The maximum absolute atomic E-state index is 12.2. The number of nitrogens with two attached hydrogens (primary N) is 1. The second-order valence-electron chi connectivity index (χ2n) is 4.88. The fourth-order valence-electron chi connectivity index (χ4n) is 2.00. The van der Waals surface area contributed by atoms with Crippen LogP contribution in [0.4, 0.5) is 0 Å². The van der Waals surface area contributed by atoms with Crippen LogP contribution in [0, 0.1) is 0 Å². The summed E-state index contributed by atoms with van der Waals surface area (Å²) in [5.41, 5.74) is 6.89. The normalized spacial score (nSPS) is 12.1. The van der Waals surface area contributed by atoms with Gasteiger partial charge in [0.2, 0.25) is 5.91 Å².